The van der Waals surface area contributed by atoms with Crippen LogP contribution in [0.2, 0.25) is 0 Å². The predicted molar refractivity (Wildman–Crippen MR) is 66.2 cm³/mol. The Bertz CT molecular complexity index is 506. The summed E-state index contributed by atoms with van der Waals surface area (Å²) in [5.74, 6) is 0.294. The number of aromatic hydroxyl groups is 1. The first-order chi connectivity index (χ1) is 7.70. The topological polar surface area (TPSA) is 46.2 Å². The largest absolute Gasteiger partial charge is 0.507 e. The first kappa shape index (κ1) is 10.7. The summed E-state index contributed by atoms with van der Waals surface area (Å²) >= 11 is 0. The van der Waals surface area contributed by atoms with Gasteiger partial charge in [0.25, 0.3) is 0 Å². The number of phenolic OH excluding ortho intramolecular Hbond substituents is 1. The first-order valence-corrected chi connectivity index (χ1v) is 5.29. The van der Waals surface area contributed by atoms with Gasteiger partial charge in [0.2, 0.25) is 0 Å². The standard InChI is InChI=1S/C14H15NO/c1-10-3-2-4-12(7-10)13-8-11(9-15)5-6-14(13)16/h2-8,16H,9,15H2,1H3. The maximum absolute atomic E-state index is 9.83. The smallest absolute Gasteiger partial charge is 0.123 e. The van der Waals surface area contributed by atoms with Crippen molar-refractivity contribution in [3.05, 3.63) is 53.6 Å². The Morgan fingerprint density at radius 3 is 2.62 bits per heavy atom. The molecule has 0 saturated heterocycles. The van der Waals surface area contributed by atoms with Gasteiger partial charge in [-0.1, -0.05) is 35.9 Å². The summed E-state index contributed by atoms with van der Waals surface area (Å²) in [6.45, 7) is 2.52. The minimum absolute atomic E-state index is 0.294. The van der Waals surface area contributed by atoms with Crippen molar-refractivity contribution in [2.45, 2.75) is 13.5 Å². The number of hydrogen-bond donors (Lipinski definition) is 2. The third-order valence-corrected chi connectivity index (χ3v) is 2.63. The van der Waals surface area contributed by atoms with Gasteiger partial charge in [-0.25, -0.2) is 0 Å². The third-order valence-electron chi connectivity index (χ3n) is 2.63. The van der Waals surface area contributed by atoms with Crippen molar-refractivity contribution in [3.8, 4) is 16.9 Å². The van der Waals surface area contributed by atoms with Crippen LogP contribution in [0, 0.1) is 6.92 Å². The lowest BCUT2D eigenvalue weighted by atomic mass is 10.0. The van der Waals surface area contributed by atoms with Crippen LogP contribution >= 0.6 is 0 Å². The van der Waals surface area contributed by atoms with Crippen molar-refractivity contribution < 1.29 is 5.11 Å². The molecule has 2 aromatic rings. The monoisotopic (exact) mass is 213 g/mol. The van der Waals surface area contributed by atoms with Crippen LogP contribution in [0.5, 0.6) is 5.75 Å². The number of benzene rings is 2. The van der Waals surface area contributed by atoms with E-state index < -0.39 is 0 Å². The molecule has 2 rings (SSSR count). The Labute approximate surface area is 95.4 Å². The van der Waals surface area contributed by atoms with Gasteiger partial charge in [0.1, 0.15) is 5.75 Å². The van der Waals surface area contributed by atoms with Crippen LogP contribution in [0.3, 0.4) is 0 Å². The van der Waals surface area contributed by atoms with E-state index in [2.05, 4.69) is 6.07 Å². The van der Waals surface area contributed by atoms with Crippen molar-refractivity contribution in [2.24, 2.45) is 5.73 Å². The van der Waals surface area contributed by atoms with Crippen LogP contribution in [0.25, 0.3) is 11.1 Å². The highest BCUT2D eigenvalue weighted by Crippen LogP contribution is 2.30. The molecule has 3 N–H and O–H groups in total. The Hall–Kier alpha value is -1.80. The Morgan fingerprint density at radius 2 is 1.94 bits per heavy atom. The summed E-state index contributed by atoms with van der Waals surface area (Å²) in [6.07, 6.45) is 0. The van der Waals surface area contributed by atoms with Crippen molar-refractivity contribution in [1.82, 2.24) is 0 Å². The molecule has 2 nitrogen and oxygen atoms in total. The zero-order valence-corrected chi connectivity index (χ0v) is 9.27. The number of hydrogen-bond acceptors (Lipinski definition) is 2. The molecule has 0 spiro atoms. The summed E-state index contributed by atoms with van der Waals surface area (Å²) in [4.78, 5) is 0. The average molecular weight is 213 g/mol. The van der Waals surface area contributed by atoms with Gasteiger partial charge in [-0.15, -0.1) is 0 Å². The molecule has 0 fully saturated rings. The highest BCUT2D eigenvalue weighted by atomic mass is 16.3. The lowest BCUT2D eigenvalue weighted by molar-refractivity contribution is 0.477. The summed E-state index contributed by atoms with van der Waals surface area (Å²) in [6, 6.07) is 13.5. The summed E-state index contributed by atoms with van der Waals surface area (Å²) in [5, 5.41) is 9.83. The van der Waals surface area contributed by atoms with E-state index in [1.54, 1.807) is 6.07 Å². The highest BCUT2D eigenvalue weighted by molar-refractivity contribution is 5.71. The molecular weight excluding hydrogens is 198 g/mol. The van der Waals surface area contributed by atoms with E-state index in [1.165, 1.54) is 5.56 Å². The summed E-state index contributed by atoms with van der Waals surface area (Å²) < 4.78 is 0. The number of phenols is 1. The van der Waals surface area contributed by atoms with Crippen LogP contribution in [-0.2, 0) is 6.54 Å². The Morgan fingerprint density at radius 1 is 1.12 bits per heavy atom. The Kier molecular flexibility index (Phi) is 2.93. The molecule has 0 unspecified atom stereocenters. The van der Waals surface area contributed by atoms with Gasteiger partial charge in [0, 0.05) is 12.1 Å². The fraction of sp³-hybridized carbons (Fsp3) is 0.143. The zero-order valence-electron chi connectivity index (χ0n) is 9.27. The minimum Gasteiger partial charge on any atom is -0.507 e. The molecular formula is C14H15NO. The summed E-state index contributed by atoms with van der Waals surface area (Å²) in [5.41, 5.74) is 9.65. The molecule has 0 saturated carbocycles. The van der Waals surface area contributed by atoms with Crippen molar-refractivity contribution >= 4 is 0 Å². The van der Waals surface area contributed by atoms with Gasteiger partial charge < -0.3 is 10.8 Å². The molecule has 0 heterocycles. The van der Waals surface area contributed by atoms with Gasteiger partial charge in [-0.2, -0.15) is 0 Å². The van der Waals surface area contributed by atoms with Gasteiger partial charge in [-0.05, 0) is 30.2 Å². The molecule has 0 radical (unpaired) electrons. The SMILES string of the molecule is Cc1cccc(-c2cc(CN)ccc2O)c1. The van der Waals surface area contributed by atoms with Gasteiger partial charge in [0.15, 0.2) is 0 Å². The number of aryl methyl sites for hydroxylation is 1. The molecule has 0 aliphatic heterocycles. The zero-order chi connectivity index (χ0) is 11.5. The van der Waals surface area contributed by atoms with Crippen LogP contribution in [0.15, 0.2) is 42.5 Å². The predicted octanol–water partition coefficient (Wildman–Crippen LogP) is 2.83. The quantitative estimate of drug-likeness (QED) is 0.805. The third kappa shape index (κ3) is 2.07. The second kappa shape index (κ2) is 4.37. The van der Waals surface area contributed by atoms with Gasteiger partial charge in [-0.3, -0.25) is 0 Å². The van der Waals surface area contributed by atoms with Crippen LogP contribution < -0.4 is 5.73 Å². The molecule has 0 atom stereocenters. The van der Waals surface area contributed by atoms with E-state index >= 15 is 0 Å². The van der Waals surface area contributed by atoms with E-state index in [0.29, 0.717) is 12.3 Å². The first-order valence-electron chi connectivity index (χ1n) is 5.29. The molecule has 82 valence electrons. The maximum Gasteiger partial charge on any atom is 0.123 e. The minimum atomic E-state index is 0.294. The fourth-order valence-electron chi connectivity index (χ4n) is 1.75. The molecule has 2 aromatic carbocycles. The van der Waals surface area contributed by atoms with Crippen molar-refractivity contribution in [1.29, 1.82) is 0 Å². The van der Waals surface area contributed by atoms with E-state index in [4.69, 9.17) is 5.73 Å². The maximum atomic E-state index is 9.83. The summed E-state index contributed by atoms with van der Waals surface area (Å²) in [7, 11) is 0. The molecule has 0 amide bonds. The second-order valence-electron chi connectivity index (χ2n) is 3.93. The van der Waals surface area contributed by atoms with Crippen molar-refractivity contribution in [3.63, 3.8) is 0 Å². The van der Waals surface area contributed by atoms with E-state index in [9.17, 15) is 5.11 Å². The van der Waals surface area contributed by atoms with E-state index in [1.807, 2.05) is 37.3 Å². The normalized spacial score (nSPS) is 10.4. The van der Waals surface area contributed by atoms with Crippen molar-refractivity contribution in [2.75, 3.05) is 0 Å². The molecule has 0 aliphatic rings. The molecule has 2 heteroatoms. The second-order valence-corrected chi connectivity index (χ2v) is 3.93. The fourth-order valence-corrected chi connectivity index (χ4v) is 1.75. The lowest BCUT2D eigenvalue weighted by Crippen LogP contribution is -1.96. The average Bonchev–Trinajstić information content (AvgIpc) is 2.30. The van der Waals surface area contributed by atoms with Crippen LogP contribution in [0.1, 0.15) is 11.1 Å². The molecule has 0 aliphatic carbocycles. The highest BCUT2D eigenvalue weighted by Gasteiger charge is 2.05. The van der Waals surface area contributed by atoms with E-state index in [-0.39, 0.29) is 0 Å². The van der Waals surface area contributed by atoms with Gasteiger partial charge >= 0.3 is 0 Å². The van der Waals surface area contributed by atoms with Crippen LogP contribution in [0.4, 0.5) is 0 Å². The lowest BCUT2D eigenvalue weighted by Gasteiger charge is -2.07. The number of nitrogens with two attached hydrogens (primary N) is 1. The van der Waals surface area contributed by atoms with E-state index in [0.717, 1.165) is 16.7 Å². The van der Waals surface area contributed by atoms with Gasteiger partial charge in [0.05, 0.1) is 0 Å². The Balaban J connectivity index is 2.54. The van der Waals surface area contributed by atoms with Crippen LogP contribution in [-0.4, -0.2) is 5.11 Å². The molecule has 0 bridgehead atoms. The number of rotatable bonds is 2. The molecule has 16 heavy (non-hydrogen) atoms. The molecule has 0 aromatic heterocycles.